The maximum atomic E-state index is 14.0. The van der Waals surface area contributed by atoms with Gasteiger partial charge in [0, 0.05) is 13.1 Å². The molecule has 0 saturated heterocycles. The molecule has 0 aliphatic carbocycles. The quantitative estimate of drug-likeness (QED) is 0.314. The summed E-state index contributed by atoms with van der Waals surface area (Å²) < 4.78 is 33.9. The summed E-state index contributed by atoms with van der Waals surface area (Å²) in [6.45, 7) is 3.39. The number of rotatable bonds is 12. The van der Waals surface area contributed by atoms with Crippen molar-refractivity contribution < 1.29 is 22.7 Å². The van der Waals surface area contributed by atoms with Crippen LogP contribution in [0.15, 0.2) is 77.7 Å². The van der Waals surface area contributed by atoms with Gasteiger partial charge in [-0.1, -0.05) is 66.5 Å². The molecule has 1 N–H and O–H groups in total. The number of carbonyl (C=O) groups is 2. The van der Waals surface area contributed by atoms with E-state index in [9.17, 15) is 18.0 Å². The van der Waals surface area contributed by atoms with Crippen molar-refractivity contribution in [1.29, 1.82) is 0 Å². The highest BCUT2D eigenvalue weighted by atomic mass is 35.5. The highest BCUT2D eigenvalue weighted by Crippen LogP contribution is 2.35. The van der Waals surface area contributed by atoms with Crippen molar-refractivity contribution in [1.82, 2.24) is 10.2 Å². The summed E-state index contributed by atoms with van der Waals surface area (Å²) in [6, 6.07) is 18.6. The third-order valence-corrected chi connectivity index (χ3v) is 8.62. The molecule has 11 heteroatoms. The zero-order chi connectivity index (χ0) is 28.6. The lowest BCUT2D eigenvalue weighted by atomic mass is 10.1. The van der Waals surface area contributed by atoms with E-state index in [1.54, 1.807) is 62.4 Å². The van der Waals surface area contributed by atoms with E-state index in [1.165, 1.54) is 36.3 Å². The fourth-order valence-electron chi connectivity index (χ4n) is 4.10. The summed E-state index contributed by atoms with van der Waals surface area (Å²) in [4.78, 5) is 28.4. The molecule has 0 fully saturated rings. The Balaban J connectivity index is 2.10. The molecule has 0 heterocycles. The maximum Gasteiger partial charge on any atom is 0.264 e. The third kappa shape index (κ3) is 7.23. The second kappa shape index (κ2) is 13.7. The largest absolute Gasteiger partial charge is 0.497 e. The average Bonchev–Trinajstić information content (AvgIpc) is 2.94. The molecule has 0 saturated carbocycles. The lowest BCUT2D eigenvalue weighted by Crippen LogP contribution is -2.52. The van der Waals surface area contributed by atoms with Crippen molar-refractivity contribution in [3.05, 3.63) is 88.4 Å². The predicted molar refractivity (Wildman–Crippen MR) is 154 cm³/mol. The SMILES string of the molecule is CCNC(=O)[C@H](CC)N(Cc1cccc(OC)c1)C(=O)CN(c1cccc(Cl)c1Cl)S(=O)(=O)c1ccccc1. The Morgan fingerprint density at radius 3 is 2.31 bits per heavy atom. The van der Waals surface area contributed by atoms with Crippen LogP contribution in [0, 0.1) is 0 Å². The number of anilines is 1. The third-order valence-electron chi connectivity index (χ3n) is 6.03. The van der Waals surface area contributed by atoms with Gasteiger partial charge in [-0.05, 0) is 55.3 Å². The minimum Gasteiger partial charge on any atom is -0.497 e. The van der Waals surface area contributed by atoms with Crippen molar-refractivity contribution >= 4 is 50.7 Å². The number of likely N-dealkylation sites (N-methyl/N-ethyl adjacent to an activating group) is 1. The molecule has 3 rings (SSSR count). The van der Waals surface area contributed by atoms with E-state index >= 15 is 0 Å². The first kappa shape index (κ1) is 30.3. The Hall–Kier alpha value is -3.27. The van der Waals surface area contributed by atoms with Crippen molar-refractivity contribution in [2.45, 2.75) is 37.8 Å². The minimum absolute atomic E-state index is 0.0124. The number of hydrogen-bond acceptors (Lipinski definition) is 5. The molecule has 0 aromatic heterocycles. The lowest BCUT2D eigenvalue weighted by molar-refractivity contribution is -0.140. The Morgan fingerprint density at radius 1 is 0.974 bits per heavy atom. The maximum absolute atomic E-state index is 14.0. The molecule has 0 bridgehead atoms. The number of amides is 2. The number of carbonyl (C=O) groups excluding carboxylic acids is 2. The summed E-state index contributed by atoms with van der Waals surface area (Å²) in [5.41, 5.74) is 0.762. The lowest BCUT2D eigenvalue weighted by Gasteiger charge is -2.33. The van der Waals surface area contributed by atoms with Crippen LogP contribution in [0.2, 0.25) is 10.0 Å². The van der Waals surface area contributed by atoms with Crippen molar-refractivity contribution in [2.24, 2.45) is 0 Å². The van der Waals surface area contributed by atoms with Gasteiger partial charge in [0.05, 0.1) is 27.7 Å². The summed E-state index contributed by atoms with van der Waals surface area (Å²) in [5, 5.41) is 2.89. The highest BCUT2D eigenvalue weighted by Gasteiger charge is 2.34. The fourth-order valence-corrected chi connectivity index (χ4v) is 5.99. The van der Waals surface area contributed by atoms with Gasteiger partial charge in [-0.25, -0.2) is 8.42 Å². The molecule has 0 aliphatic heterocycles. The minimum atomic E-state index is -4.25. The van der Waals surface area contributed by atoms with Gasteiger partial charge in [-0.15, -0.1) is 0 Å². The molecule has 0 radical (unpaired) electrons. The second-order valence-electron chi connectivity index (χ2n) is 8.59. The first-order valence-corrected chi connectivity index (χ1v) is 14.6. The van der Waals surface area contributed by atoms with Crippen molar-refractivity contribution in [3.8, 4) is 5.75 Å². The number of methoxy groups -OCH3 is 1. The van der Waals surface area contributed by atoms with Crippen LogP contribution in [0.3, 0.4) is 0 Å². The second-order valence-corrected chi connectivity index (χ2v) is 11.2. The smallest absolute Gasteiger partial charge is 0.264 e. The van der Waals surface area contributed by atoms with Crippen LogP contribution in [0.5, 0.6) is 5.75 Å². The molecule has 0 spiro atoms. The van der Waals surface area contributed by atoms with E-state index < -0.39 is 28.5 Å². The summed E-state index contributed by atoms with van der Waals surface area (Å²) in [6.07, 6.45) is 0.310. The van der Waals surface area contributed by atoms with Gasteiger partial charge in [0.25, 0.3) is 10.0 Å². The fraction of sp³-hybridized carbons (Fsp3) is 0.286. The topological polar surface area (TPSA) is 96.0 Å². The molecule has 8 nitrogen and oxygen atoms in total. The summed E-state index contributed by atoms with van der Waals surface area (Å²) >= 11 is 12.7. The first-order valence-electron chi connectivity index (χ1n) is 12.4. The van der Waals surface area contributed by atoms with Crippen LogP contribution in [0.4, 0.5) is 5.69 Å². The van der Waals surface area contributed by atoms with E-state index in [2.05, 4.69) is 5.32 Å². The average molecular weight is 593 g/mol. The Bertz CT molecular complexity index is 1400. The normalized spacial score (nSPS) is 11.9. The Morgan fingerprint density at radius 2 is 1.67 bits per heavy atom. The van der Waals surface area contributed by atoms with Gasteiger partial charge >= 0.3 is 0 Å². The number of sulfonamides is 1. The standard InChI is InChI=1S/C28H31Cl2N3O5S/c1-4-24(28(35)31-5-2)32(18-20-11-9-12-21(17-20)38-3)26(34)19-33(25-16-10-15-23(29)27(25)30)39(36,37)22-13-7-6-8-14-22/h6-17,24H,4-5,18-19H2,1-3H3,(H,31,35)/t24-/m0/s1. The van der Waals surface area contributed by atoms with Crippen LogP contribution in [-0.4, -0.2) is 51.4 Å². The zero-order valence-electron chi connectivity index (χ0n) is 21.9. The van der Waals surface area contributed by atoms with E-state index in [-0.39, 0.29) is 33.1 Å². The van der Waals surface area contributed by atoms with Crippen molar-refractivity contribution in [3.63, 3.8) is 0 Å². The Kier molecular flexibility index (Phi) is 10.6. The molecule has 3 aromatic rings. The summed E-state index contributed by atoms with van der Waals surface area (Å²) in [7, 11) is -2.71. The van der Waals surface area contributed by atoms with Crippen LogP contribution < -0.4 is 14.4 Å². The van der Waals surface area contributed by atoms with Gasteiger partial charge in [-0.3, -0.25) is 13.9 Å². The summed E-state index contributed by atoms with van der Waals surface area (Å²) in [5.74, 6) is -0.342. The molecular weight excluding hydrogens is 561 g/mol. The number of hydrogen-bond donors (Lipinski definition) is 1. The Labute approximate surface area is 239 Å². The zero-order valence-corrected chi connectivity index (χ0v) is 24.3. The molecule has 2 amide bonds. The van der Waals surface area contributed by atoms with E-state index in [1.807, 2.05) is 0 Å². The van der Waals surface area contributed by atoms with Gasteiger partial charge in [-0.2, -0.15) is 0 Å². The first-order chi connectivity index (χ1) is 18.6. The predicted octanol–water partition coefficient (Wildman–Crippen LogP) is 5.14. The van der Waals surface area contributed by atoms with Gasteiger partial charge in [0.2, 0.25) is 11.8 Å². The van der Waals surface area contributed by atoms with Crippen LogP contribution in [0.1, 0.15) is 25.8 Å². The van der Waals surface area contributed by atoms with Gasteiger partial charge in [0.15, 0.2) is 0 Å². The molecular formula is C28H31Cl2N3O5S. The molecule has 0 unspecified atom stereocenters. The molecule has 1 atom stereocenters. The van der Waals surface area contributed by atoms with Crippen LogP contribution >= 0.6 is 23.2 Å². The number of nitrogens with one attached hydrogen (secondary N) is 1. The molecule has 0 aliphatic rings. The van der Waals surface area contributed by atoms with E-state index in [0.717, 1.165) is 4.31 Å². The van der Waals surface area contributed by atoms with Crippen LogP contribution in [0.25, 0.3) is 0 Å². The molecule has 208 valence electrons. The molecule has 3 aromatic carbocycles. The molecule has 39 heavy (non-hydrogen) atoms. The number of ether oxygens (including phenoxy) is 1. The monoisotopic (exact) mass is 591 g/mol. The van der Waals surface area contributed by atoms with Crippen molar-refractivity contribution in [2.75, 3.05) is 24.5 Å². The number of nitrogens with zero attached hydrogens (tertiary/aromatic N) is 2. The number of halogens is 2. The van der Waals surface area contributed by atoms with Crippen LogP contribution in [-0.2, 0) is 26.2 Å². The van der Waals surface area contributed by atoms with Gasteiger partial charge < -0.3 is 15.0 Å². The van der Waals surface area contributed by atoms with Gasteiger partial charge in [0.1, 0.15) is 18.3 Å². The number of benzene rings is 3. The highest BCUT2D eigenvalue weighted by molar-refractivity contribution is 7.92. The van der Waals surface area contributed by atoms with E-state index in [4.69, 9.17) is 27.9 Å². The van der Waals surface area contributed by atoms with E-state index in [0.29, 0.717) is 24.3 Å².